The quantitative estimate of drug-likeness (QED) is 0.587. The second kappa shape index (κ2) is 8.68. The summed E-state index contributed by atoms with van der Waals surface area (Å²) in [4.78, 5) is 14.4. The van der Waals surface area contributed by atoms with Gasteiger partial charge in [-0.05, 0) is 76.7 Å². The van der Waals surface area contributed by atoms with E-state index in [1.54, 1.807) is 0 Å². The third-order valence-corrected chi connectivity index (χ3v) is 7.25. The fourth-order valence-corrected chi connectivity index (χ4v) is 5.49. The normalized spacial score (nSPS) is 21.4. The Bertz CT molecular complexity index is 1020. The van der Waals surface area contributed by atoms with Crippen molar-refractivity contribution in [2.75, 3.05) is 26.2 Å². The predicted octanol–water partition coefficient (Wildman–Crippen LogP) is 5.21. The molecule has 0 saturated carbocycles. The molecular weight excluding hydrogens is 414 g/mol. The van der Waals surface area contributed by atoms with Crippen LogP contribution in [0, 0.1) is 0 Å². The zero-order valence-corrected chi connectivity index (χ0v) is 20.1. The van der Waals surface area contributed by atoms with Gasteiger partial charge in [-0.25, -0.2) is 0 Å². The molecule has 2 aliphatic heterocycles. The molecule has 1 saturated heterocycles. The van der Waals surface area contributed by atoms with Crippen molar-refractivity contribution in [3.05, 3.63) is 59.2 Å². The van der Waals surface area contributed by atoms with Crippen LogP contribution in [0.3, 0.4) is 0 Å². The maximum absolute atomic E-state index is 12.1. The Morgan fingerprint density at radius 3 is 2.73 bits per heavy atom. The van der Waals surface area contributed by atoms with Gasteiger partial charge in [0.2, 0.25) is 0 Å². The second-order valence-electron chi connectivity index (χ2n) is 10.7. The molecule has 1 atom stereocenters. The van der Waals surface area contributed by atoms with Gasteiger partial charge in [-0.1, -0.05) is 30.3 Å². The van der Waals surface area contributed by atoms with Crippen molar-refractivity contribution < 1.29 is 19.0 Å². The third kappa shape index (κ3) is 4.74. The van der Waals surface area contributed by atoms with Gasteiger partial charge in [-0.15, -0.1) is 0 Å². The molecule has 5 heteroatoms. The number of nitrogens with zero attached hydrogens (tertiary/aromatic N) is 1. The molecule has 1 spiro atoms. The molecule has 5 rings (SSSR count). The van der Waals surface area contributed by atoms with Gasteiger partial charge in [-0.2, -0.15) is 0 Å². The van der Waals surface area contributed by atoms with Crippen LogP contribution in [0.4, 0.5) is 0 Å². The van der Waals surface area contributed by atoms with Crippen molar-refractivity contribution in [1.29, 1.82) is 0 Å². The molecule has 2 heterocycles. The lowest BCUT2D eigenvalue weighted by molar-refractivity contribution is -0.155. The molecule has 176 valence electrons. The number of fused-ring (bicyclic) bond motifs is 3. The maximum Gasteiger partial charge on any atom is 0.307 e. The van der Waals surface area contributed by atoms with Crippen LogP contribution in [-0.4, -0.2) is 42.7 Å². The molecule has 33 heavy (non-hydrogen) atoms. The van der Waals surface area contributed by atoms with Gasteiger partial charge in [0.15, 0.2) is 0 Å². The Kier molecular flexibility index (Phi) is 5.86. The SMILES string of the molecule is CC(C)(C)OC(=O)CCN1CCC2(CC1)COc1cc(O[C@H]3CCc4ccccc43)ccc12. The second-order valence-corrected chi connectivity index (χ2v) is 10.7. The highest BCUT2D eigenvalue weighted by Crippen LogP contribution is 2.47. The molecule has 0 aromatic heterocycles. The zero-order valence-electron chi connectivity index (χ0n) is 20.1. The van der Waals surface area contributed by atoms with E-state index in [9.17, 15) is 4.79 Å². The van der Waals surface area contributed by atoms with E-state index >= 15 is 0 Å². The Hall–Kier alpha value is -2.53. The van der Waals surface area contributed by atoms with Crippen molar-refractivity contribution in [3.8, 4) is 11.5 Å². The summed E-state index contributed by atoms with van der Waals surface area (Å²) < 4.78 is 18.0. The first kappa shape index (κ1) is 22.3. The predicted molar refractivity (Wildman–Crippen MR) is 128 cm³/mol. The van der Waals surface area contributed by atoms with Gasteiger partial charge in [0.25, 0.3) is 0 Å². The number of aryl methyl sites for hydroxylation is 1. The lowest BCUT2D eigenvalue weighted by Crippen LogP contribution is -2.44. The van der Waals surface area contributed by atoms with Crippen LogP contribution in [-0.2, 0) is 21.4 Å². The largest absolute Gasteiger partial charge is 0.492 e. The van der Waals surface area contributed by atoms with Gasteiger partial charge >= 0.3 is 5.97 Å². The van der Waals surface area contributed by atoms with Crippen LogP contribution < -0.4 is 9.47 Å². The molecule has 1 aliphatic carbocycles. The van der Waals surface area contributed by atoms with Gasteiger partial charge in [-0.3, -0.25) is 4.79 Å². The zero-order chi connectivity index (χ0) is 23.1. The van der Waals surface area contributed by atoms with Crippen molar-refractivity contribution in [2.45, 2.75) is 70.0 Å². The summed E-state index contributed by atoms with van der Waals surface area (Å²) in [5.41, 5.74) is 3.69. The lowest BCUT2D eigenvalue weighted by atomic mass is 9.74. The highest BCUT2D eigenvalue weighted by atomic mass is 16.6. The number of ether oxygens (including phenoxy) is 3. The van der Waals surface area contributed by atoms with E-state index < -0.39 is 5.60 Å². The van der Waals surface area contributed by atoms with Crippen LogP contribution in [0.15, 0.2) is 42.5 Å². The van der Waals surface area contributed by atoms with E-state index in [1.807, 2.05) is 20.8 Å². The molecule has 2 aromatic rings. The average molecular weight is 450 g/mol. The van der Waals surface area contributed by atoms with Crippen LogP contribution in [0.1, 0.15) is 69.2 Å². The number of carbonyl (C=O) groups is 1. The Morgan fingerprint density at radius 2 is 1.94 bits per heavy atom. The number of hydrogen-bond acceptors (Lipinski definition) is 5. The topological polar surface area (TPSA) is 48.0 Å². The Balaban J connectivity index is 1.18. The summed E-state index contributed by atoms with van der Waals surface area (Å²) >= 11 is 0. The molecule has 0 bridgehead atoms. The van der Waals surface area contributed by atoms with E-state index in [0.29, 0.717) is 6.42 Å². The number of hydrogen-bond donors (Lipinski definition) is 0. The monoisotopic (exact) mass is 449 g/mol. The van der Waals surface area contributed by atoms with Gasteiger partial charge in [0.05, 0.1) is 13.0 Å². The van der Waals surface area contributed by atoms with Crippen molar-refractivity contribution in [2.24, 2.45) is 0 Å². The summed E-state index contributed by atoms with van der Waals surface area (Å²) in [5, 5.41) is 0. The summed E-state index contributed by atoms with van der Waals surface area (Å²) in [5.74, 6) is 1.75. The Morgan fingerprint density at radius 1 is 1.15 bits per heavy atom. The van der Waals surface area contributed by atoms with Crippen molar-refractivity contribution in [1.82, 2.24) is 4.90 Å². The number of benzene rings is 2. The van der Waals surface area contributed by atoms with E-state index in [2.05, 4.69) is 47.4 Å². The first-order valence-corrected chi connectivity index (χ1v) is 12.3. The first-order chi connectivity index (χ1) is 15.8. The minimum atomic E-state index is -0.419. The molecular formula is C28H35NO4. The van der Waals surface area contributed by atoms with Crippen molar-refractivity contribution in [3.63, 3.8) is 0 Å². The molecule has 5 nitrogen and oxygen atoms in total. The van der Waals surface area contributed by atoms with Crippen LogP contribution in [0.25, 0.3) is 0 Å². The van der Waals surface area contributed by atoms with Crippen molar-refractivity contribution >= 4 is 5.97 Å². The first-order valence-electron chi connectivity index (χ1n) is 12.3. The molecule has 1 fully saturated rings. The Labute approximate surface area is 197 Å². The third-order valence-electron chi connectivity index (χ3n) is 7.25. The van der Waals surface area contributed by atoms with Gasteiger partial charge in [0.1, 0.15) is 23.2 Å². The van der Waals surface area contributed by atoms with Crippen LogP contribution >= 0.6 is 0 Å². The number of piperidine rings is 1. The minimum absolute atomic E-state index is 0.0796. The minimum Gasteiger partial charge on any atom is -0.492 e. The molecule has 0 amide bonds. The van der Waals surface area contributed by atoms with E-state index in [4.69, 9.17) is 14.2 Å². The van der Waals surface area contributed by atoms with E-state index in [1.165, 1.54) is 16.7 Å². The molecule has 0 unspecified atom stereocenters. The summed E-state index contributed by atoms with van der Waals surface area (Å²) in [6, 6.07) is 15.0. The number of likely N-dealkylation sites (tertiary alicyclic amines) is 1. The van der Waals surface area contributed by atoms with E-state index in [-0.39, 0.29) is 17.5 Å². The summed E-state index contributed by atoms with van der Waals surface area (Å²) in [7, 11) is 0. The van der Waals surface area contributed by atoms with Crippen LogP contribution in [0.2, 0.25) is 0 Å². The standard InChI is InChI=1S/C28H35NO4/c1-27(2,3)33-26(30)12-15-29-16-13-28(14-17-29)19-31-25-18-21(9-10-23(25)28)32-24-11-8-20-6-4-5-7-22(20)24/h4-7,9-10,18,24H,8,11-17,19H2,1-3H3/t24-/m0/s1. The lowest BCUT2D eigenvalue weighted by Gasteiger charge is -2.38. The molecule has 0 radical (unpaired) electrons. The number of esters is 1. The van der Waals surface area contributed by atoms with Gasteiger partial charge in [0, 0.05) is 23.6 Å². The smallest absolute Gasteiger partial charge is 0.307 e. The van der Waals surface area contributed by atoms with E-state index in [0.717, 1.165) is 63.4 Å². The molecule has 3 aliphatic rings. The highest BCUT2D eigenvalue weighted by molar-refractivity contribution is 5.70. The maximum atomic E-state index is 12.1. The summed E-state index contributed by atoms with van der Waals surface area (Å²) in [6.07, 6.45) is 4.77. The average Bonchev–Trinajstić information content (AvgIpc) is 3.34. The fraction of sp³-hybridized carbons (Fsp3) is 0.536. The highest BCUT2D eigenvalue weighted by Gasteiger charge is 2.43. The number of carbonyl (C=O) groups excluding carboxylic acids is 1. The molecule has 2 aromatic carbocycles. The van der Waals surface area contributed by atoms with Gasteiger partial charge < -0.3 is 19.1 Å². The van der Waals surface area contributed by atoms with Crippen LogP contribution in [0.5, 0.6) is 11.5 Å². The number of rotatable bonds is 5. The molecule has 0 N–H and O–H groups in total. The fourth-order valence-electron chi connectivity index (χ4n) is 5.49. The summed E-state index contributed by atoms with van der Waals surface area (Å²) in [6.45, 7) is 9.18.